The number of aliphatic hydroxyl groups excluding tert-OH is 1. The molecule has 3 N–H and O–H groups in total. The van der Waals surface area contributed by atoms with Gasteiger partial charge in [0.25, 0.3) is 0 Å². The summed E-state index contributed by atoms with van der Waals surface area (Å²) in [6.45, 7) is 0.888. The van der Waals surface area contributed by atoms with Crippen molar-refractivity contribution in [2.24, 2.45) is 0 Å². The van der Waals surface area contributed by atoms with Gasteiger partial charge in [-0.15, -0.1) is 0 Å². The molecule has 0 spiro atoms. The third kappa shape index (κ3) is 4.23. The minimum absolute atomic E-state index is 0.0270. The van der Waals surface area contributed by atoms with Crippen LogP contribution in [0.5, 0.6) is 0 Å². The van der Waals surface area contributed by atoms with Crippen LogP contribution in [0.2, 0.25) is 0 Å². The summed E-state index contributed by atoms with van der Waals surface area (Å²) in [5.74, 6) is -0.384. The van der Waals surface area contributed by atoms with Gasteiger partial charge in [-0.2, -0.15) is 0 Å². The van der Waals surface area contributed by atoms with Crippen LogP contribution < -0.4 is 10.6 Å². The van der Waals surface area contributed by atoms with Crippen LogP contribution >= 0.6 is 0 Å². The first-order chi connectivity index (χ1) is 9.97. The molecule has 0 bridgehead atoms. The maximum Gasteiger partial charge on any atom is 0.237 e. The van der Waals surface area contributed by atoms with Crippen LogP contribution in [0, 0.1) is 5.82 Å². The van der Waals surface area contributed by atoms with Crippen molar-refractivity contribution in [3.63, 3.8) is 0 Å². The topological polar surface area (TPSA) is 64.6 Å². The lowest BCUT2D eigenvalue weighted by molar-refractivity contribution is -0.123. The highest BCUT2D eigenvalue weighted by Crippen LogP contribution is 2.18. The molecule has 1 aromatic carbocycles. The average molecular weight is 295 g/mol. The Labute approximate surface area is 124 Å². The molecule has 3 atom stereocenters. The minimum atomic E-state index is -0.456. The zero-order valence-corrected chi connectivity index (χ0v) is 12.3. The molecule has 1 heterocycles. The maximum atomic E-state index is 13.0. The van der Waals surface area contributed by atoms with Crippen LogP contribution in [-0.4, -0.2) is 55.2 Å². The molecule has 1 saturated heterocycles. The Bertz CT molecular complexity index is 478. The molecule has 0 radical (unpaired) electrons. The number of carbonyl (C=O) groups excluding carboxylic acids is 1. The van der Waals surface area contributed by atoms with Gasteiger partial charge < -0.3 is 20.6 Å². The van der Waals surface area contributed by atoms with E-state index in [0.717, 1.165) is 5.56 Å². The zero-order valence-electron chi connectivity index (χ0n) is 12.3. The highest BCUT2D eigenvalue weighted by Gasteiger charge is 2.28. The molecular weight excluding hydrogens is 273 g/mol. The van der Waals surface area contributed by atoms with Gasteiger partial charge in [-0.1, -0.05) is 12.1 Å². The van der Waals surface area contributed by atoms with Crippen molar-refractivity contribution in [1.82, 2.24) is 15.5 Å². The summed E-state index contributed by atoms with van der Waals surface area (Å²) in [7, 11) is 3.83. The fraction of sp³-hybridized carbons (Fsp3) is 0.533. The van der Waals surface area contributed by atoms with Gasteiger partial charge in [-0.25, -0.2) is 4.39 Å². The number of likely N-dealkylation sites (N-methyl/N-ethyl adjacent to an activating group) is 1. The van der Waals surface area contributed by atoms with Crippen LogP contribution in [0.1, 0.15) is 18.0 Å². The fourth-order valence-electron chi connectivity index (χ4n) is 2.52. The Morgan fingerprint density at radius 1 is 1.48 bits per heavy atom. The highest BCUT2D eigenvalue weighted by atomic mass is 19.1. The predicted molar refractivity (Wildman–Crippen MR) is 78.3 cm³/mol. The van der Waals surface area contributed by atoms with E-state index in [0.29, 0.717) is 19.5 Å². The van der Waals surface area contributed by atoms with E-state index < -0.39 is 6.10 Å². The molecule has 0 unspecified atom stereocenters. The number of halogens is 1. The second-order valence-electron chi connectivity index (χ2n) is 5.63. The van der Waals surface area contributed by atoms with Gasteiger partial charge in [0.2, 0.25) is 5.91 Å². The van der Waals surface area contributed by atoms with Gasteiger partial charge in [0, 0.05) is 13.1 Å². The number of aliphatic hydroxyl groups is 1. The number of hydrogen-bond donors (Lipinski definition) is 3. The van der Waals surface area contributed by atoms with Crippen molar-refractivity contribution < 1.29 is 14.3 Å². The lowest BCUT2D eigenvalue weighted by Gasteiger charge is -2.25. The third-order valence-corrected chi connectivity index (χ3v) is 3.77. The molecule has 5 nitrogen and oxygen atoms in total. The monoisotopic (exact) mass is 295 g/mol. The van der Waals surface area contributed by atoms with E-state index in [1.807, 2.05) is 19.0 Å². The molecule has 116 valence electrons. The number of amides is 1. The van der Waals surface area contributed by atoms with Crippen LogP contribution in [0.3, 0.4) is 0 Å². The van der Waals surface area contributed by atoms with Gasteiger partial charge in [0.1, 0.15) is 5.82 Å². The van der Waals surface area contributed by atoms with Crippen LogP contribution in [0.15, 0.2) is 24.3 Å². The zero-order chi connectivity index (χ0) is 15.4. The maximum absolute atomic E-state index is 13.0. The first-order valence-corrected chi connectivity index (χ1v) is 7.08. The molecule has 2 rings (SSSR count). The molecule has 21 heavy (non-hydrogen) atoms. The summed E-state index contributed by atoms with van der Waals surface area (Å²) >= 11 is 0. The first-order valence-electron chi connectivity index (χ1n) is 7.08. The summed E-state index contributed by atoms with van der Waals surface area (Å²) in [5, 5.41) is 15.3. The van der Waals surface area contributed by atoms with Crippen molar-refractivity contribution in [2.75, 3.05) is 27.2 Å². The largest absolute Gasteiger partial charge is 0.392 e. The molecule has 1 aliphatic rings. The number of benzene rings is 1. The molecule has 1 aromatic rings. The highest BCUT2D eigenvalue weighted by molar-refractivity contribution is 5.82. The van der Waals surface area contributed by atoms with Gasteiger partial charge in [-0.05, 0) is 38.2 Å². The van der Waals surface area contributed by atoms with E-state index in [2.05, 4.69) is 10.6 Å². The van der Waals surface area contributed by atoms with Crippen molar-refractivity contribution in [1.29, 1.82) is 0 Å². The second kappa shape index (κ2) is 6.98. The normalized spacial score (nSPS) is 23.3. The Kier molecular flexibility index (Phi) is 5.27. The van der Waals surface area contributed by atoms with E-state index in [9.17, 15) is 14.3 Å². The molecule has 6 heteroatoms. The van der Waals surface area contributed by atoms with Crippen LogP contribution in [0.25, 0.3) is 0 Å². The van der Waals surface area contributed by atoms with Crippen LogP contribution in [-0.2, 0) is 4.79 Å². The van der Waals surface area contributed by atoms with Crippen molar-refractivity contribution in [3.8, 4) is 0 Å². The van der Waals surface area contributed by atoms with E-state index >= 15 is 0 Å². The molecule has 0 aromatic heterocycles. The van der Waals surface area contributed by atoms with Crippen molar-refractivity contribution in [3.05, 3.63) is 35.6 Å². The number of carbonyl (C=O) groups is 1. The summed E-state index contributed by atoms with van der Waals surface area (Å²) in [6.07, 6.45) is -0.0165. The SMILES string of the molecule is CN(C)[C@H](CNC(=O)[C@@H]1C[C@H](O)CN1)c1ccc(F)cc1. The Morgan fingerprint density at radius 3 is 2.67 bits per heavy atom. The quantitative estimate of drug-likeness (QED) is 0.729. The summed E-state index contributed by atoms with van der Waals surface area (Å²) in [4.78, 5) is 14.0. The fourth-order valence-corrected chi connectivity index (χ4v) is 2.52. The van der Waals surface area contributed by atoms with Gasteiger partial charge in [0.15, 0.2) is 0 Å². The molecule has 1 fully saturated rings. The van der Waals surface area contributed by atoms with Gasteiger partial charge in [0.05, 0.1) is 18.2 Å². The third-order valence-electron chi connectivity index (χ3n) is 3.77. The van der Waals surface area contributed by atoms with E-state index in [1.165, 1.54) is 12.1 Å². The second-order valence-corrected chi connectivity index (χ2v) is 5.63. The van der Waals surface area contributed by atoms with Gasteiger partial charge >= 0.3 is 0 Å². The molecular formula is C15H22FN3O2. The number of hydrogen-bond acceptors (Lipinski definition) is 4. The summed E-state index contributed by atoms with van der Waals surface area (Å²) in [5.41, 5.74) is 0.945. The number of rotatable bonds is 5. The van der Waals surface area contributed by atoms with Crippen LogP contribution in [0.4, 0.5) is 4.39 Å². The van der Waals surface area contributed by atoms with Crippen molar-refractivity contribution >= 4 is 5.91 Å². The lowest BCUT2D eigenvalue weighted by Crippen LogP contribution is -2.43. The van der Waals surface area contributed by atoms with Crippen molar-refractivity contribution in [2.45, 2.75) is 24.6 Å². The Balaban J connectivity index is 1.94. The molecule has 1 amide bonds. The molecule has 1 aliphatic heterocycles. The number of nitrogens with one attached hydrogen (secondary N) is 2. The minimum Gasteiger partial charge on any atom is -0.392 e. The lowest BCUT2D eigenvalue weighted by atomic mass is 10.1. The summed E-state index contributed by atoms with van der Waals surface area (Å²) < 4.78 is 13.0. The Hall–Kier alpha value is -1.50. The Morgan fingerprint density at radius 2 is 2.14 bits per heavy atom. The summed E-state index contributed by atoms with van der Waals surface area (Å²) in [6, 6.07) is 5.93. The van der Waals surface area contributed by atoms with Gasteiger partial charge in [-0.3, -0.25) is 4.79 Å². The predicted octanol–water partition coefficient (Wildman–Crippen LogP) is 0.267. The molecule has 0 aliphatic carbocycles. The standard InChI is InChI=1S/C15H22FN3O2/c1-19(2)14(10-3-5-11(16)6-4-10)9-18-15(21)13-7-12(20)8-17-13/h3-6,12-14,17,20H,7-9H2,1-2H3,(H,18,21)/t12-,13-,14+/m0/s1. The number of β-amino-alcohol motifs (C(OH)–C–C–N with tert-alkyl or cyclic N) is 1. The van der Waals surface area contributed by atoms with E-state index in [-0.39, 0.29) is 23.8 Å². The van der Waals surface area contributed by atoms with E-state index in [1.54, 1.807) is 12.1 Å². The smallest absolute Gasteiger partial charge is 0.237 e. The first kappa shape index (κ1) is 15.9. The van der Waals surface area contributed by atoms with E-state index in [4.69, 9.17) is 0 Å². The average Bonchev–Trinajstić information content (AvgIpc) is 2.87. The molecule has 0 saturated carbocycles. The number of nitrogens with zero attached hydrogens (tertiary/aromatic N) is 1.